The lowest BCUT2D eigenvalue weighted by molar-refractivity contribution is 0.711. The second-order valence-corrected chi connectivity index (χ2v) is 2.61. The van der Waals surface area contributed by atoms with Gasteiger partial charge in [-0.15, -0.1) is 0 Å². The van der Waals surface area contributed by atoms with Crippen LogP contribution in [0.4, 0.5) is 0 Å². The SMILES string of the molecule is NC1CCc2cnncc21. The molecule has 1 aliphatic carbocycles. The van der Waals surface area contributed by atoms with E-state index in [2.05, 4.69) is 10.2 Å². The predicted molar refractivity (Wildman–Crippen MR) is 37.3 cm³/mol. The van der Waals surface area contributed by atoms with Crippen LogP contribution in [0.15, 0.2) is 12.4 Å². The van der Waals surface area contributed by atoms with Crippen molar-refractivity contribution in [1.82, 2.24) is 10.2 Å². The molecule has 0 spiro atoms. The molecule has 1 aromatic heterocycles. The Morgan fingerprint density at radius 1 is 1.40 bits per heavy atom. The summed E-state index contributed by atoms with van der Waals surface area (Å²) in [5.74, 6) is 0. The number of aryl methyl sites for hydroxylation is 1. The van der Waals surface area contributed by atoms with Gasteiger partial charge >= 0.3 is 0 Å². The molecule has 0 aliphatic heterocycles. The summed E-state index contributed by atoms with van der Waals surface area (Å²) in [5, 5.41) is 7.56. The highest BCUT2D eigenvalue weighted by Gasteiger charge is 2.18. The van der Waals surface area contributed by atoms with E-state index in [4.69, 9.17) is 5.73 Å². The van der Waals surface area contributed by atoms with Crippen LogP contribution in [0.2, 0.25) is 0 Å². The lowest BCUT2D eigenvalue weighted by Crippen LogP contribution is -2.05. The number of nitrogens with zero attached hydrogens (tertiary/aromatic N) is 2. The molecule has 0 radical (unpaired) electrons. The first kappa shape index (κ1) is 5.80. The van der Waals surface area contributed by atoms with E-state index in [0.29, 0.717) is 0 Å². The van der Waals surface area contributed by atoms with E-state index in [0.717, 1.165) is 12.8 Å². The summed E-state index contributed by atoms with van der Waals surface area (Å²) < 4.78 is 0. The van der Waals surface area contributed by atoms with E-state index in [1.54, 1.807) is 6.20 Å². The average Bonchev–Trinajstić information content (AvgIpc) is 2.34. The van der Waals surface area contributed by atoms with Gasteiger partial charge in [0.2, 0.25) is 0 Å². The maximum atomic E-state index is 5.78. The number of hydrogen-bond acceptors (Lipinski definition) is 3. The number of hydrogen-bond donors (Lipinski definition) is 1. The monoisotopic (exact) mass is 135 g/mol. The Morgan fingerprint density at radius 3 is 3.00 bits per heavy atom. The van der Waals surface area contributed by atoms with Crippen molar-refractivity contribution in [2.45, 2.75) is 18.9 Å². The average molecular weight is 135 g/mol. The van der Waals surface area contributed by atoms with Gasteiger partial charge in [-0.25, -0.2) is 0 Å². The van der Waals surface area contributed by atoms with Crippen molar-refractivity contribution in [3.63, 3.8) is 0 Å². The third kappa shape index (κ3) is 0.708. The van der Waals surface area contributed by atoms with Gasteiger partial charge in [0.25, 0.3) is 0 Å². The van der Waals surface area contributed by atoms with Gasteiger partial charge in [0, 0.05) is 6.04 Å². The van der Waals surface area contributed by atoms with Gasteiger partial charge in [-0.2, -0.15) is 10.2 Å². The van der Waals surface area contributed by atoms with E-state index in [9.17, 15) is 0 Å². The first-order chi connectivity index (χ1) is 4.88. The van der Waals surface area contributed by atoms with Crippen LogP contribution in [0.3, 0.4) is 0 Å². The van der Waals surface area contributed by atoms with E-state index in [1.165, 1.54) is 11.1 Å². The lowest BCUT2D eigenvalue weighted by Gasteiger charge is -2.00. The zero-order valence-corrected chi connectivity index (χ0v) is 5.62. The second kappa shape index (κ2) is 2.02. The summed E-state index contributed by atoms with van der Waals surface area (Å²) in [5.41, 5.74) is 8.22. The normalized spacial score (nSPS) is 22.7. The molecule has 1 aromatic rings. The van der Waals surface area contributed by atoms with Crippen molar-refractivity contribution in [3.8, 4) is 0 Å². The molecule has 0 bridgehead atoms. The first-order valence-corrected chi connectivity index (χ1v) is 3.43. The molecular formula is C7H9N3. The largest absolute Gasteiger partial charge is 0.324 e. The van der Waals surface area contributed by atoms with Crippen LogP contribution in [0, 0.1) is 0 Å². The molecule has 3 nitrogen and oxygen atoms in total. The summed E-state index contributed by atoms with van der Waals surface area (Å²) >= 11 is 0. The predicted octanol–water partition coefficient (Wildman–Crippen LogP) is 0.423. The van der Waals surface area contributed by atoms with Crippen LogP contribution in [-0.2, 0) is 6.42 Å². The van der Waals surface area contributed by atoms with Crippen molar-refractivity contribution in [1.29, 1.82) is 0 Å². The zero-order chi connectivity index (χ0) is 6.97. The maximum absolute atomic E-state index is 5.78. The second-order valence-electron chi connectivity index (χ2n) is 2.61. The van der Waals surface area contributed by atoms with Crippen LogP contribution in [0.25, 0.3) is 0 Å². The molecule has 2 N–H and O–H groups in total. The highest BCUT2D eigenvalue weighted by molar-refractivity contribution is 5.28. The first-order valence-electron chi connectivity index (χ1n) is 3.43. The van der Waals surface area contributed by atoms with Gasteiger partial charge in [0.05, 0.1) is 12.4 Å². The van der Waals surface area contributed by atoms with Crippen LogP contribution < -0.4 is 5.73 Å². The molecule has 10 heavy (non-hydrogen) atoms. The molecule has 0 amide bonds. The van der Waals surface area contributed by atoms with Gasteiger partial charge < -0.3 is 5.73 Å². The maximum Gasteiger partial charge on any atom is 0.0546 e. The van der Waals surface area contributed by atoms with Crippen molar-refractivity contribution in [2.75, 3.05) is 0 Å². The molecule has 1 unspecified atom stereocenters. The number of nitrogens with two attached hydrogens (primary N) is 1. The molecule has 1 atom stereocenters. The fraction of sp³-hybridized carbons (Fsp3) is 0.429. The van der Waals surface area contributed by atoms with Crippen LogP contribution in [0.5, 0.6) is 0 Å². The van der Waals surface area contributed by atoms with E-state index >= 15 is 0 Å². The van der Waals surface area contributed by atoms with Crippen molar-refractivity contribution in [3.05, 3.63) is 23.5 Å². The minimum absolute atomic E-state index is 0.200. The molecule has 3 heteroatoms. The number of fused-ring (bicyclic) bond motifs is 1. The Kier molecular flexibility index (Phi) is 1.17. The molecule has 0 fully saturated rings. The Balaban J connectivity index is 2.51. The van der Waals surface area contributed by atoms with Gasteiger partial charge in [0.15, 0.2) is 0 Å². The molecule has 52 valence electrons. The summed E-state index contributed by atoms with van der Waals surface area (Å²) in [6, 6.07) is 0.200. The van der Waals surface area contributed by atoms with Gasteiger partial charge in [0.1, 0.15) is 0 Å². The number of rotatable bonds is 0. The highest BCUT2D eigenvalue weighted by Crippen LogP contribution is 2.26. The topological polar surface area (TPSA) is 51.8 Å². The van der Waals surface area contributed by atoms with Crippen LogP contribution in [-0.4, -0.2) is 10.2 Å². The summed E-state index contributed by atoms with van der Waals surface area (Å²) in [7, 11) is 0. The van der Waals surface area contributed by atoms with Crippen LogP contribution >= 0.6 is 0 Å². The standard InChI is InChI=1S/C7H9N3/c8-7-2-1-5-3-9-10-4-6(5)7/h3-4,7H,1-2,8H2. The summed E-state index contributed by atoms with van der Waals surface area (Å²) in [6.45, 7) is 0. The fourth-order valence-corrected chi connectivity index (χ4v) is 1.37. The third-order valence-electron chi connectivity index (χ3n) is 1.97. The summed E-state index contributed by atoms with van der Waals surface area (Å²) in [4.78, 5) is 0. The van der Waals surface area contributed by atoms with Crippen molar-refractivity contribution in [2.24, 2.45) is 5.73 Å². The minimum Gasteiger partial charge on any atom is -0.324 e. The smallest absolute Gasteiger partial charge is 0.0546 e. The van der Waals surface area contributed by atoms with E-state index in [1.807, 2.05) is 6.20 Å². The molecule has 0 saturated heterocycles. The van der Waals surface area contributed by atoms with E-state index in [-0.39, 0.29) is 6.04 Å². The Labute approximate surface area is 59.3 Å². The lowest BCUT2D eigenvalue weighted by atomic mass is 10.2. The summed E-state index contributed by atoms with van der Waals surface area (Å²) in [6.07, 6.45) is 5.68. The fourth-order valence-electron chi connectivity index (χ4n) is 1.37. The van der Waals surface area contributed by atoms with Crippen molar-refractivity contribution < 1.29 is 0 Å². The molecule has 0 saturated carbocycles. The molecule has 0 aromatic carbocycles. The molecule has 1 heterocycles. The minimum atomic E-state index is 0.200. The van der Waals surface area contributed by atoms with E-state index < -0.39 is 0 Å². The third-order valence-corrected chi connectivity index (χ3v) is 1.97. The van der Waals surface area contributed by atoms with Gasteiger partial charge in [-0.05, 0) is 24.0 Å². The van der Waals surface area contributed by atoms with Crippen LogP contribution in [0.1, 0.15) is 23.6 Å². The molecule has 1 aliphatic rings. The Hall–Kier alpha value is -0.960. The highest BCUT2D eigenvalue weighted by atomic mass is 15.1. The van der Waals surface area contributed by atoms with Crippen molar-refractivity contribution >= 4 is 0 Å². The molecule has 2 rings (SSSR count). The quantitative estimate of drug-likeness (QED) is 0.561. The Morgan fingerprint density at radius 2 is 2.20 bits per heavy atom. The Bertz CT molecular complexity index is 246. The number of aromatic nitrogens is 2. The van der Waals surface area contributed by atoms with Gasteiger partial charge in [-0.3, -0.25) is 0 Å². The molecular weight excluding hydrogens is 126 g/mol. The zero-order valence-electron chi connectivity index (χ0n) is 5.62. The van der Waals surface area contributed by atoms with Gasteiger partial charge in [-0.1, -0.05) is 0 Å².